The van der Waals surface area contributed by atoms with Gasteiger partial charge < -0.3 is 25.0 Å². The highest BCUT2D eigenvalue weighted by Gasteiger charge is 2.16. The van der Waals surface area contributed by atoms with Crippen LogP contribution in [-0.4, -0.2) is 51.2 Å². The SMILES string of the molecule is CC(C)NC(=O)C[NH+](C)CC(=O)Nc1ccc2c(c1)OCCCO2. The number of hydrogen-bond acceptors (Lipinski definition) is 4. The van der Waals surface area contributed by atoms with E-state index < -0.39 is 0 Å². The van der Waals surface area contributed by atoms with Gasteiger partial charge >= 0.3 is 0 Å². The maximum absolute atomic E-state index is 12.1. The minimum absolute atomic E-state index is 0.0640. The second-order valence-corrected chi connectivity index (χ2v) is 6.29. The van der Waals surface area contributed by atoms with Gasteiger partial charge in [0, 0.05) is 24.2 Å². The van der Waals surface area contributed by atoms with Gasteiger partial charge in [-0.3, -0.25) is 9.59 Å². The Morgan fingerprint density at radius 2 is 1.79 bits per heavy atom. The van der Waals surface area contributed by atoms with Crippen LogP contribution in [-0.2, 0) is 9.59 Å². The second kappa shape index (κ2) is 8.54. The summed E-state index contributed by atoms with van der Waals surface area (Å²) >= 11 is 0. The minimum atomic E-state index is -0.153. The largest absolute Gasteiger partial charge is 0.490 e. The fraction of sp³-hybridized carbons (Fsp3) is 0.529. The molecule has 0 aromatic heterocycles. The molecule has 1 aromatic carbocycles. The van der Waals surface area contributed by atoms with Gasteiger partial charge in [0.2, 0.25) is 0 Å². The average Bonchev–Trinajstić information content (AvgIpc) is 2.70. The first-order valence-electron chi connectivity index (χ1n) is 8.24. The normalized spacial score (nSPS) is 14.7. The second-order valence-electron chi connectivity index (χ2n) is 6.29. The molecule has 7 nitrogen and oxygen atoms in total. The van der Waals surface area contributed by atoms with Crippen LogP contribution in [0.15, 0.2) is 18.2 Å². The van der Waals surface area contributed by atoms with Gasteiger partial charge in [0.05, 0.1) is 20.3 Å². The summed E-state index contributed by atoms with van der Waals surface area (Å²) in [7, 11) is 1.81. The number of rotatable bonds is 6. The number of ether oxygens (including phenoxy) is 2. The smallest absolute Gasteiger partial charge is 0.279 e. The lowest BCUT2D eigenvalue weighted by Crippen LogP contribution is -3.11. The maximum Gasteiger partial charge on any atom is 0.279 e. The van der Waals surface area contributed by atoms with Crippen LogP contribution in [0.5, 0.6) is 11.5 Å². The molecule has 0 radical (unpaired) electrons. The molecule has 2 amide bonds. The van der Waals surface area contributed by atoms with Crippen molar-refractivity contribution in [2.75, 3.05) is 38.7 Å². The lowest BCUT2D eigenvalue weighted by atomic mass is 10.2. The van der Waals surface area contributed by atoms with E-state index in [0.29, 0.717) is 30.4 Å². The van der Waals surface area contributed by atoms with Crippen molar-refractivity contribution in [1.29, 1.82) is 0 Å². The van der Waals surface area contributed by atoms with Crippen molar-refractivity contribution >= 4 is 17.5 Å². The number of carbonyl (C=O) groups is 2. The number of amides is 2. The summed E-state index contributed by atoms with van der Waals surface area (Å²) < 4.78 is 11.2. The lowest BCUT2D eigenvalue weighted by Gasteiger charge is -2.15. The highest BCUT2D eigenvalue weighted by atomic mass is 16.5. The molecule has 1 aromatic rings. The molecule has 132 valence electrons. The average molecular weight is 336 g/mol. The van der Waals surface area contributed by atoms with Gasteiger partial charge in [0.15, 0.2) is 24.6 Å². The van der Waals surface area contributed by atoms with Crippen molar-refractivity contribution in [2.24, 2.45) is 0 Å². The van der Waals surface area contributed by atoms with Crippen LogP contribution >= 0.6 is 0 Å². The third-order valence-corrected chi connectivity index (χ3v) is 3.41. The molecule has 7 heteroatoms. The van der Waals surface area contributed by atoms with Gasteiger partial charge in [-0.2, -0.15) is 0 Å². The number of hydrogen-bond donors (Lipinski definition) is 3. The predicted octanol–water partition coefficient (Wildman–Crippen LogP) is -0.174. The Labute approximate surface area is 142 Å². The van der Waals surface area contributed by atoms with Crippen LogP contribution in [0.4, 0.5) is 5.69 Å². The Hall–Kier alpha value is -2.28. The minimum Gasteiger partial charge on any atom is -0.490 e. The molecule has 0 spiro atoms. The summed E-state index contributed by atoms with van der Waals surface area (Å²) in [4.78, 5) is 24.6. The number of carbonyl (C=O) groups excluding carboxylic acids is 2. The molecular weight excluding hydrogens is 310 g/mol. The molecule has 0 bridgehead atoms. The monoisotopic (exact) mass is 336 g/mol. The predicted molar refractivity (Wildman–Crippen MR) is 90.6 cm³/mol. The van der Waals surface area contributed by atoms with Gasteiger partial charge in [-0.15, -0.1) is 0 Å². The summed E-state index contributed by atoms with van der Waals surface area (Å²) in [5.41, 5.74) is 0.656. The van der Waals surface area contributed by atoms with E-state index in [0.717, 1.165) is 11.3 Å². The van der Waals surface area contributed by atoms with Crippen molar-refractivity contribution in [2.45, 2.75) is 26.3 Å². The van der Waals surface area contributed by atoms with Gasteiger partial charge in [-0.25, -0.2) is 0 Å². The molecule has 1 aliphatic heterocycles. The molecule has 0 saturated heterocycles. The molecule has 0 aliphatic carbocycles. The Morgan fingerprint density at radius 1 is 1.12 bits per heavy atom. The van der Waals surface area contributed by atoms with E-state index in [9.17, 15) is 9.59 Å². The number of anilines is 1. The van der Waals surface area contributed by atoms with Crippen LogP contribution in [0, 0.1) is 0 Å². The molecule has 24 heavy (non-hydrogen) atoms. The number of benzene rings is 1. The van der Waals surface area contributed by atoms with E-state index in [1.54, 1.807) is 18.2 Å². The Bertz CT molecular complexity index is 589. The third kappa shape index (κ3) is 5.73. The fourth-order valence-corrected chi connectivity index (χ4v) is 2.43. The quantitative estimate of drug-likeness (QED) is 0.674. The Balaban J connectivity index is 1.86. The van der Waals surface area contributed by atoms with E-state index in [-0.39, 0.29) is 30.9 Å². The van der Waals surface area contributed by atoms with Gasteiger partial charge in [-0.05, 0) is 26.0 Å². The Morgan fingerprint density at radius 3 is 2.50 bits per heavy atom. The molecule has 1 aliphatic rings. The van der Waals surface area contributed by atoms with Gasteiger partial charge in [0.1, 0.15) is 0 Å². The van der Waals surface area contributed by atoms with Crippen LogP contribution in [0.25, 0.3) is 0 Å². The first-order valence-corrected chi connectivity index (χ1v) is 8.24. The molecule has 1 atom stereocenters. The van der Waals surface area contributed by atoms with E-state index in [1.165, 1.54) is 0 Å². The molecule has 3 N–H and O–H groups in total. The number of quaternary nitrogens is 1. The van der Waals surface area contributed by atoms with E-state index in [1.807, 2.05) is 20.9 Å². The summed E-state index contributed by atoms with van der Waals surface area (Å²) in [6.07, 6.45) is 0.836. The highest BCUT2D eigenvalue weighted by Crippen LogP contribution is 2.32. The van der Waals surface area contributed by atoms with Crippen LogP contribution < -0.4 is 25.0 Å². The van der Waals surface area contributed by atoms with Crippen LogP contribution in [0.1, 0.15) is 20.3 Å². The number of nitrogens with one attached hydrogen (secondary N) is 3. The van der Waals surface area contributed by atoms with Crippen molar-refractivity contribution < 1.29 is 24.0 Å². The zero-order chi connectivity index (χ0) is 17.5. The zero-order valence-corrected chi connectivity index (χ0v) is 14.5. The van der Waals surface area contributed by atoms with E-state index >= 15 is 0 Å². The first kappa shape index (κ1) is 18.1. The molecule has 0 saturated carbocycles. The molecule has 2 rings (SSSR count). The summed E-state index contributed by atoms with van der Waals surface area (Å²) in [6, 6.07) is 5.44. The molecular formula is C17H26N3O4+. The molecule has 1 unspecified atom stereocenters. The highest BCUT2D eigenvalue weighted by molar-refractivity contribution is 5.92. The van der Waals surface area contributed by atoms with Crippen LogP contribution in [0.3, 0.4) is 0 Å². The topological polar surface area (TPSA) is 81.1 Å². The van der Waals surface area contributed by atoms with Gasteiger partial charge in [0.25, 0.3) is 11.8 Å². The zero-order valence-electron chi connectivity index (χ0n) is 14.5. The van der Waals surface area contributed by atoms with Crippen LogP contribution in [0.2, 0.25) is 0 Å². The standard InChI is InChI=1S/C17H25N3O4/c1-12(2)18-16(21)10-20(3)11-17(22)19-13-5-6-14-15(9-13)24-8-4-7-23-14/h5-6,9,12H,4,7-8,10-11H2,1-3H3,(H,18,21)(H,19,22)/p+1. The Kier molecular flexibility index (Phi) is 6.43. The lowest BCUT2D eigenvalue weighted by molar-refractivity contribution is -0.862. The number of fused-ring (bicyclic) bond motifs is 1. The van der Waals surface area contributed by atoms with E-state index in [2.05, 4.69) is 10.6 Å². The first-order chi connectivity index (χ1) is 11.4. The third-order valence-electron chi connectivity index (χ3n) is 3.41. The van der Waals surface area contributed by atoms with Crippen molar-refractivity contribution in [3.05, 3.63) is 18.2 Å². The number of likely N-dealkylation sites (N-methyl/N-ethyl adjacent to an activating group) is 1. The van der Waals surface area contributed by atoms with Crippen molar-refractivity contribution in [3.63, 3.8) is 0 Å². The van der Waals surface area contributed by atoms with E-state index in [4.69, 9.17) is 9.47 Å². The fourth-order valence-electron chi connectivity index (χ4n) is 2.43. The summed E-state index contributed by atoms with van der Waals surface area (Å²) in [5.74, 6) is 1.12. The van der Waals surface area contributed by atoms with Gasteiger partial charge in [-0.1, -0.05) is 0 Å². The molecule has 0 fully saturated rings. The maximum atomic E-state index is 12.1. The summed E-state index contributed by atoms with van der Waals surface area (Å²) in [5, 5.41) is 5.65. The van der Waals surface area contributed by atoms with Crippen molar-refractivity contribution in [1.82, 2.24) is 5.32 Å². The molecule has 1 heterocycles. The van der Waals surface area contributed by atoms with Crippen molar-refractivity contribution in [3.8, 4) is 11.5 Å². The summed E-state index contributed by atoms with van der Waals surface area (Å²) in [6.45, 7) is 5.51.